The normalized spacial score (nSPS) is 18.3. The summed E-state index contributed by atoms with van der Waals surface area (Å²) in [6, 6.07) is 1.77. The minimum atomic E-state index is -0.184. The van der Waals surface area contributed by atoms with E-state index in [4.69, 9.17) is 10.2 Å². The fourth-order valence-electron chi connectivity index (χ4n) is 1.75. The molecule has 0 radical (unpaired) electrons. The molecular weight excluding hydrogens is 192 g/mol. The Morgan fingerprint density at radius 1 is 1.67 bits per heavy atom. The number of hydrogen-bond acceptors (Lipinski definition) is 3. The number of furan rings is 1. The van der Waals surface area contributed by atoms with Gasteiger partial charge >= 0.3 is 0 Å². The molecule has 3 N–H and O–H groups in total. The van der Waals surface area contributed by atoms with E-state index in [1.165, 1.54) is 6.26 Å². The second-order valence-electron chi connectivity index (χ2n) is 4.33. The number of nitrogens with two attached hydrogens (primary N) is 1. The van der Waals surface area contributed by atoms with Crippen molar-refractivity contribution in [3.63, 3.8) is 0 Å². The second-order valence-corrected chi connectivity index (χ2v) is 4.33. The largest absolute Gasteiger partial charge is 0.459 e. The molecule has 2 rings (SSSR count). The van der Waals surface area contributed by atoms with Crippen LogP contribution < -0.4 is 11.1 Å². The first kappa shape index (κ1) is 10.2. The standard InChI is InChI=1S/C11H16N2O2/c1-8-3-6-15-9(8)10(14)13-7-11(12)4-2-5-11/h3,6H,2,4-5,7,12H2,1H3,(H,13,14). The van der Waals surface area contributed by atoms with Gasteiger partial charge in [-0.1, -0.05) is 0 Å². The van der Waals surface area contributed by atoms with Crippen LogP contribution >= 0.6 is 0 Å². The van der Waals surface area contributed by atoms with Crippen molar-refractivity contribution >= 4 is 5.91 Å². The molecule has 0 aromatic carbocycles. The molecule has 0 atom stereocenters. The maximum Gasteiger partial charge on any atom is 0.287 e. The Balaban J connectivity index is 1.90. The second kappa shape index (κ2) is 3.70. The van der Waals surface area contributed by atoms with E-state index < -0.39 is 0 Å². The van der Waals surface area contributed by atoms with Gasteiger partial charge in [-0.25, -0.2) is 0 Å². The van der Waals surface area contributed by atoms with Crippen molar-refractivity contribution in [2.75, 3.05) is 6.54 Å². The summed E-state index contributed by atoms with van der Waals surface area (Å²) in [6.45, 7) is 2.38. The lowest BCUT2D eigenvalue weighted by atomic mass is 9.78. The predicted octanol–water partition coefficient (Wildman–Crippen LogP) is 1.20. The highest BCUT2D eigenvalue weighted by Gasteiger charge is 2.32. The van der Waals surface area contributed by atoms with Crippen molar-refractivity contribution < 1.29 is 9.21 Å². The van der Waals surface area contributed by atoms with Crippen molar-refractivity contribution in [2.24, 2.45) is 5.73 Å². The molecule has 82 valence electrons. The highest BCUT2D eigenvalue weighted by atomic mass is 16.3. The van der Waals surface area contributed by atoms with Gasteiger partial charge in [0.15, 0.2) is 5.76 Å². The molecule has 0 aliphatic heterocycles. The van der Waals surface area contributed by atoms with Gasteiger partial charge in [0, 0.05) is 17.6 Å². The van der Waals surface area contributed by atoms with Crippen LogP contribution in [0, 0.1) is 6.92 Å². The zero-order valence-corrected chi connectivity index (χ0v) is 8.88. The van der Waals surface area contributed by atoms with E-state index in [-0.39, 0.29) is 11.4 Å². The molecule has 4 nitrogen and oxygen atoms in total. The number of carbonyl (C=O) groups excluding carboxylic acids is 1. The molecule has 1 aromatic rings. The molecule has 1 aliphatic carbocycles. The van der Waals surface area contributed by atoms with E-state index in [2.05, 4.69) is 5.32 Å². The van der Waals surface area contributed by atoms with Crippen LogP contribution in [0.25, 0.3) is 0 Å². The maximum atomic E-state index is 11.7. The molecule has 1 aliphatic rings. The molecular formula is C11H16N2O2. The summed E-state index contributed by atoms with van der Waals surface area (Å²) >= 11 is 0. The molecule has 1 amide bonds. The van der Waals surface area contributed by atoms with E-state index >= 15 is 0 Å². The van der Waals surface area contributed by atoms with E-state index in [0.29, 0.717) is 12.3 Å². The van der Waals surface area contributed by atoms with E-state index in [1.54, 1.807) is 6.07 Å². The Morgan fingerprint density at radius 2 is 2.40 bits per heavy atom. The first-order valence-corrected chi connectivity index (χ1v) is 5.22. The van der Waals surface area contributed by atoms with Crippen molar-refractivity contribution in [2.45, 2.75) is 31.7 Å². The van der Waals surface area contributed by atoms with Crippen molar-refractivity contribution in [1.29, 1.82) is 0 Å². The molecule has 1 saturated carbocycles. The third-order valence-corrected chi connectivity index (χ3v) is 3.02. The number of hydrogen-bond donors (Lipinski definition) is 2. The summed E-state index contributed by atoms with van der Waals surface area (Å²) < 4.78 is 5.09. The lowest BCUT2D eigenvalue weighted by Gasteiger charge is -2.37. The molecule has 0 spiro atoms. The van der Waals surface area contributed by atoms with Crippen LogP contribution in [0.3, 0.4) is 0 Å². The summed E-state index contributed by atoms with van der Waals surface area (Å²) in [6.07, 6.45) is 4.66. The van der Waals surface area contributed by atoms with Crippen molar-refractivity contribution in [3.05, 3.63) is 23.7 Å². The summed E-state index contributed by atoms with van der Waals surface area (Å²) in [5.74, 6) is 0.215. The lowest BCUT2D eigenvalue weighted by molar-refractivity contribution is 0.0901. The van der Waals surface area contributed by atoms with Crippen LogP contribution in [0.4, 0.5) is 0 Å². The third kappa shape index (κ3) is 2.04. The molecule has 1 aromatic heterocycles. The van der Waals surface area contributed by atoms with Crippen LogP contribution in [0.5, 0.6) is 0 Å². The van der Waals surface area contributed by atoms with Crippen molar-refractivity contribution in [1.82, 2.24) is 5.32 Å². The highest BCUT2D eigenvalue weighted by molar-refractivity contribution is 5.92. The van der Waals surface area contributed by atoms with Gasteiger partial charge in [0.05, 0.1) is 6.26 Å². The number of nitrogens with one attached hydrogen (secondary N) is 1. The van der Waals surface area contributed by atoms with Gasteiger partial charge in [-0.15, -0.1) is 0 Å². The molecule has 1 fully saturated rings. The average Bonchev–Trinajstić information content (AvgIpc) is 2.58. The minimum absolute atomic E-state index is 0.172. The van der Waals surface area contributed by atoms with Crippen LogP contribution in [0.15, 0.2) is 16.7 Å². The monoisotopic (exact) mass is 208 g/mol. The quantitative estimate of drug-likeness (QED) is 0.784. The van der Waals surface area contributed by atoms with Gasteiger partial charge in [0.1, 0.15) is 0 Å². The van der Waals surface area contributed by atoms with Crippen LogP contribution in [-0.2, 0) is 0 Å². The maximum absolute atomic E-state index is 11.7. The molecule has 15 heavy (non-hydrogen) atoms. The fraction of sp³-hybridized carbons (Fsp3) is 0.545. The number of carbonyl (C=O) groups is 1. The third-order valence-electron chi connectivity index (χ3n) is 3.02. The van der Waals surface area contributed by atoms with Crippen LogP contribution in [-0.4, -0.2) is 18.0 Å². The van der Waals surface area contributed by atoms with Gasteiger partial charge < -0.3 is 15.5 Å². The zero-order valence-electron chi connectivity index (χ0n) is 8.88. The number of rotatable bonds is 3. The van der Waals surface area contributed by atoms with Gasteiger partial charge in [-0.2, -0.15) is 0 Å². The first-order chi connectivity index (χ1) is 7.11. The molecule has 0 saturated heterocycles. The number of amides is 1. The Labute approximate surface area is 88.8 Å². The Hall–Kier alpha value is -1.29. The van der Waals surface area contributed by atoms with Crippen LogP contribution in [0.2, 0.25) is 0 Å². The van der Waals surface area contributed by atoms with Crippen molar-refractivity contribution in [3.8, 4) is 0 Å². The first-order valence-electron chi connectivity index (χ1n) is 5.22. The highest BCUT2D eigenvalue weighted by Crippen LogP contribution is 2.28. The SMILES string of the molecule is Cc1ccoc1C(=O)NCC1(N)CCC1. The Morgan fingerprint density at radius 3 is 2.87 bits per heavy atom. The molecule has 4 heteroatoms. The smallest absolute Gasteiger partial charge is 0.287 e. The topological polar surface area (TPSA) is 68.3 Å². The summed E-state index contributed by atoms with van der Waals surface area (Å²) in [5, 5.41) is 2.81. The average molecular weight is 208 g/mol. The van der Waals surface area contributed by atoms with Gasteiger partial charge in [0.25, 0.3) is 5.91 Å². The van der Waals surface area contributed by atoms with E-state index in [0.717, 1.165) is 24.8 Å². The Bertz CT molecular complexity index is 366. The van der Waals surface area contributed by atoms with Gasteiger partial charge in [-0.3, -0.25) is 4.79 Å². The Kier molecular flexibility index (Phi) is 2.52. The lowest BCUT2D eigenvalue weighted by Crippen LogP contribution is -2.54. The van der Waals surface area contributed by atoms with Gasteiger partial charge in [0.2, 0.25) is 0 Å². The van der Waals surface area contributed by atoms with E-state index in [9.17, 15) is 4.79 Å². The van der Waals surface area contributed by atoms with E-state index in [1.807, 2.05) is 6.92 Å². The predicted molar refractivity (Wildman–Crippen MR) is 56.5 cm³/mol. The van der Waals surface area contributed by atoms with Gasteiger partial charge in [-0.05, 0) is 32.3 Å². The number of aryl methyl sites for hydroxylation is 1. The fourth-order valence-corrected chi connectivity index (χ4v) is 1.75. The minimum Gasteiger partial charge on any atom is -0.459 e. The molecule has 0 unspecified atom stereocenters. The summed E-state index contributed by atoms with van der Waals surface area (Å²) in [7, 11) is 0. The summed E-state index contributed by atoms with van der Waals surface area (Å²) in [4.78, 5) is 11.7. The molecule has 1 heterocycles. The zero-order chi connectivity index (χ0) is 10.9. The molecule has 0 bridgehead atoms. The van der Waals surface area contributed by atoms with Crippen LogP contribution in [0.1, 0.15) is 35.4 Å². The summed E-state index contributed by atoms with van der Waals surface area (Å²) in [5.41, 5.74) is 6.67.